The predicted octanol–water partition coefficient (Wildman–Crippen LogP) is 3.22. The Kier molecular flexibility index (Phi) is 2.61. The second-order valence-corrected chi connectivity index (χ2v) is 5.05. The molecule has 1 N–H and O–H groups in total. The molecule has 0 saturated carbocycles. The Morgan fingerprint density at radius 3 is 2.47 bits per heavy atom. The lowest BCUT2D eigenvalue weighted by Gasteiger charge is -2.10. The molecule has 0 aromatic heterocycles. The molecule has 0 spiro atoms. The zero-order chi connectivity index (χ0) is 11.7. The van der Waals surface area contributed by atoms with Crippen LogP contribution in [-0.2, 0) is 0 Å². The van der Waals surface area contributed by atoms with Crippen LogP contribution in [0, 0.1) is 0 Å². The van der Waals surface area contributed by atoms with Crippen LogP contribution >= 0.6 is 11.8 Å². The van der Waals surface area contributed by atoms with Crippen LogP contribution in [0.2, 0.25) is 0 Å². The van der Waals surface area contributed by atoms with Gasteiger partial charge in [-0.25, -0.2) is 0 Å². The number of carbonyl (C=O) groups is 1. The lowest BCUT2D eigenvalue weighted by Crippen LogP contribution is -2.16. The number of amides is 1. The van der Waals surface area contributed by atoms with Crippen molar-refractivity contribution in [1.29, 1.82) is 0 Å². The van der Waals surface area contributed by atoms with E-state index in [1.807, 2.05) is 42.5 Å². The van der Waals surface area contributed by atoms with E-state index in [0.29, 0.717) is 0 Å². The fraction of sp³-hybridized carbons (Fsp3) is 0.0714. The third kappa shape index (κ3) is 1.94. The first-order valence-electron chi connectivity index (χ1n) is 5.46. The van der Waals surface area contributed by atoms with Crippen LogP contribution in [-0.4, -0.2) is 5.91 Å². The van der Waals surface area contributed by atoms with Gasteiger partial charge < -0.3 is 5.32 Å². The van der Waals surface area contributed by atoms with Crippen molar-refractivity contribution < 1.29 is 4.79 Å². The number of hydrogen-bond donors (Lipinski definition) is 1. The van der Waals surface area contributed by atoms with Gasteiger partial charge in [0.15, 0.2) is 0 Å². The number of nitrogens with one attached hydrogen (secondary N) is 1. The maximum absolute atomic E-state index is 11.7. The molecule has 0 fully saturated rings. The summed E-state index contributed by atoms with van der Waals surface area (Å²) in [5.74, 6) is 0.0223. The topological polar surface area (TPSA) is 29.1 Å². The zero-order valence-corrected chi connectivity index (χ0v) is 9.91. The third-order valence-corrected chi connectivity index (χ3v) is 3.90. The van der Waals surface area contributed by atoms with E-state index in [-0.39, 0.29) is 11.3 Å². The van der Waals surface area contributed by atoms with E-state index >= 15 is 0 Å². The molecule has 1 unspecified atom stereocenters. The van der Waals surface area contributed by atoms with Crippen molar-refractivity contribution in [1.82, 2.24) is 5.32 Å². The average molecular weight is 241 g/mol. The van der Waals surface area contributed by atoms with Gasteiger partial charge in [0.2, 0.25) is 0 Å². The van der Waals surface area contributed by atoms with E-state index in [0.717, 1.165) is 16.0 Å². The van der Waals surface area contributed by atoms with E-state index in [4.69, 9.17) is 0 Å². The summed E-state index contributed by atoms with van der Waals surface area (Å²) in [6.45, 7) is 0. The highest BCUT2D eigenvalue weighted by Crippen LogP contribution is 2.38. The van der Waals surface area contributed by atoms with E-state index in [2.05, 4.69) is 17.4 Å². The molecular formula is C14H11NOS. The molecule has 0 radical (unpaired) electrons. The number of hydrogen-bond acceptors (Lipinski definition) is 2. The predicted molar refractivity (Wildman–Crippen MR) is 68.9 cm³/mol. The summed E-state index contributed by atoms with van der Waals surface area (Å²) in [4.78, 5) is 12.9. The molecule has 0 saturated heterocycles. The molecule has 0 aliphatic carbocycles. The summed E-state index contributed by atoms with van der Waals surface area (Å²) in [5, 5.41) is 3.02. The van der Waals surface area contributed by atoms with Gasteiger partial charge in [0, 0.05) is 10.5 Å². The Bertz CT molecular complexity index is 553. The van der Waals surface area contributed by atoms with Gasteiger partial charge in [-0.3, -0.25) is 4.79 Å². The Morgan fingerprint density at radius 1 is 0.941 bits per heavy atom. The smallest absolute Gasteiger partial charge is 0.252 e. The number of carbonyl (C=O) groups excluding carboxylic acids is 1. The van der Waals surface area contributed by atoms with Crippen molar-refractivity contribution in [3.8, 4) is 0 Å². The monoisotopic (exact) mass is 241 g/mol. The molecule has 2 aromatic rings. The lowest BCUT2D eigenvalue weighted by molar-refractivity contribution is 0.0965. The molecule has 2 aromatic carbocycles. The van der Waals surface area contributed by atoms with Crippen molar-refractivity contribution in [2.24, 2.45) is 0 Å². The summed E-state index contributed by atoms with van der Waals surface area (Å²) in [6, 6.07) is 17.9. The van der Waals surface area contributed by atoms with Crippen LogP contribution < -0.4 is 5.32 Å². The van der Waals surface area contributed by atoms with Crippen molar-refractivity contribution in [2.75, 3.05) is 0 Å². The van der Waals surface area contributed by atoms with Gasteiger partial charge in [-0.05, 0) is 23.8 Å². The van der Waals surface area contributed by atoms with Gasteiger partial charge in [-0.1, -0.05) is 48.2 Å². The van der Waals surface area contributed by atoms with Crippen molar-refractivity contribution in [2.45, 2.75) is 10.3 Å². The summed E-state index contributed by atoms with van der Waals surface area (Å²) < 4.78 is 0. The highest BCUT2D eigenvalue weighted by molar-refractivity contribution is 7.99. The molecule has 3 heteroatoms. The SMILES string of the molecule is O=C1NC(Sc2ccccc2)c2ccccc21. The van der Waals surface area contributed by atoms with Gasteiger partial charge in [-0.2, -0.15) is 0 Å². The van der Waals surface area contributed by atoms with Crippen LogP contribution in [0.5, 0.6) is 0 Å². The average Bonchev–Trinajstić information content (AvgIpc) is 2.69. The second kappa shape index (κ2) is 4.26. The molecule has 0 bridgehead atoms. The van der Waals surface area contributed by atoms with Crippen molar-refractivity contribution >= 4 is 17.7 Å². The molecule has 1 amide bonds. The molecule has 3 rings (SSSR count). The molecule has 1 heterocycles. The Labute approximate surface area is 104 Å². The molecule has 17 heavy (non-hydrogen) atoms. The quantitative estimate of drug-likeness (QED) is 0.874. The summed E-state index contributed by atoms with van der Waals surface area (Å²) in [6.07, 6.45) is 0. The minimum atomic E-state index is 0.0223. The molecule has 2 nitrogen and oxygen atoms in total. The van der Waals surface area contributed by atoms with Gasteiger partial charge in [0.1, 0.15) is 5.37 Å². The van der Waals surface area contributed by atoms with E-state index in [1.165, 1.54) is 0 Å². The van der Waals surface area contributed by atoms with Crippen molar-refractivity contribution in [3.05, 3.63) is 65.7 Å². The number of rotatable bonds is 2. The Morgan fingerprint density at radius 2 is 1.65 bits per heavy atom. The highest BCUT2D eigenvalue weighted by Gasteiger charge is 2.28. The maximum atomic E-state index is 11.7. The van der Waals surface area contributed by atoms with Gasteiger partial charge in [0.05, 0.1) is 0 Å². The molecule has 1 aliphatic heterocycles. The highest BCUT2D eigenvalue weighted by atomic mass is 32.2. The first-order valence-corrected chi connectivity index (χ1v) is 6.34. The van der Waals surface area contributed by atoms with Gasteiger partial charge in [-0.15, -0.1) is 0 Å². The standard InChI is InChI=1S/C14H11NOS/c16-13-11-8-4-5-9-12(11)14(15-13)17-10-6-2-1-3-7-10/h1-9,14H,(H,15,16). The number of benzene rings is 2. The van der Waals surface area contributed by atoms with E-state index < -0.39 is 0 Å². The number of fused-ring (bicyclic) bond motifs is 1. The van der Waals surface area contributed by atoms with Crippen LogP contribution in [0.4, 0.5) is 0 Å². The largest absolute Gasteiger partial charge is 0.336 e. The first kappa shape index (κ1) is 10.4. The van der Waals surface area contributed by atoms with Crippen molar-refractivity contribution in [3.63, 3.8) is 0 Å². The van der Waals surface area contributed by atoms with Gasteiger partial charge >= 0.3 is 0 Å². The molecular weight excluding hydrogens is 230 g/mol. The maximum Gasteiger partial charge on any atom is 0.252 e. The van der Waals surface area contributed by atoms with E-state index in [9.17, 15) is 4.79 Å². The Balaban J connectivity index is 1.90. The summed E-state index contributed by atoms with van der Waals surface area (Å²) in [5.41, 5.74) is 1.87. The van der Waals surface area contributed by atoms with Crippen LogP contribution in [0.25, 0.3) is 0 Å². The molecule has 1 atom stereocenters. The minimum Gasteiger partial charge on any atom is -0.336 e. The fourth-order valence-corrected chi connectivity index (χ4v) is 3.02. The van der Waals surface area contributed by atoms with E-state index in [1.54, 1.807) is 11.8 Å². The van der Waals surface area contributed by atoms with Crippen LogP contribution in [0.3, 0.4) is 0 Å². The minimum absolute atomic E-state index is 0.0223. The third-order valence-electron chi connectivity index (χ3n) is 2.75. The fourth-order valence-electron chi connectivity index (χ4n) is 1.94. The van der Waals surface area contributed by atoms with Gasteiger partial charge in [0.25, 0.3) is 5.91 Å². The molecule has 84 valence electrons. The first-order chi connectivity index (χ1) is 8.34. The Hall–Kier alpha value is -1.74. The van der Waals surface area contributed by atoms with Crippen LogP contribution in [0.1, 0.15) is 21.3 Å². The van der Waals surface area contributed by atoms with Crippen LogP contribution in [0.15, 0.2) is 59.5 Å². The number of thioether (sulfide) groups is 1. The zero-order valence-electron chi connectivity index (χ0n) is 9.09. The normalized spacial score (nSPS) is 17.6. The second-order valence-electron chi connectivity index (χ2n) is 3.87. The summed E-state index contributed by atoms with van der Waals surface area (Å²) >= 11 is 1.67. The lowest BCUT2D eigenvalue weighted by atomic mass is 10.1. The molecule has 1 aliphatic rings. The summed E-state index contributed by atoms with van der Waals surface area (Å²) in [7, 11) is 0.